The Hall–Kier alpha value is 0.310. The quantitative estimate of drug-likeness (QED) is 0.727. The van der Waals surface area contributed by atoms with Crippen molar-refractivity contribution in [1.29, 1.82) is 0 Å². The minimum Gasteiger partial charge on any atom is -0.313 e. The van der Waals surface area contributed by atoms with Crippen molar-refractivity contribution < 1.29 is 0 Å². The van der Waals surface area contributed by atoms with Crippen LogP contribution in [-0.4, -0.2) is 23.6 Å². The number of nitrogens with one attached hydrogen (secondary N) is 1. The molecule has 2 heteroatoms. The number of hydrogen-bond acceptors (Lipinski definition) is 2. The zero-order valence-electron chi connectivity index (χ0n) is 11.5. The van der Waals surface area contributed by atoms with Crippen LogP contribution < -0.4 is 5.32 Å². The van der Waals surface area contributed by atoms with E-state index in [9.17, 15) is 0 Å². The maximum Gasteiger partial charge on any atom is 0.0186 e. The van der Waals surface area contributed by atoms with Gasteiger partial charge in [0.1, 0.15) is 0 Å². The molecule has 1 N–H and O–H groups in total. The Labute approximate surface area is 106 Å². The van der Waals surface area contributed by atoms with Crippen molar-refractivity contribution in [3.8, 4) is 0 Å². The fourth-order valence-corrected chi connectivity index (χ4v) is 3.72. The average Bonchev–Trinajstić information content (AvgIpc) is 2.76. The molecule has 0 bridgehead atoms. The van der Waals surface area contributed by atoms with Gasteiger partial charge in [0.05, 0.1) is 0 Å². The lowest BCUT2D eigenvalue weighted by Gasteiger charge is -2.26. The zero-order chi connectivity index (χ0) is 12.0. The number of rotatable bonds is 7. The van der Waals surface area contributed by atoms with E-state index in [1.807, 2.05) is 0 Å². The lowest BCUT2D eigenvalue weighted by Crippen LogP contribution is -2.37. The molecular formula is C14H29NS. The van der Waals surface area contributed by atoms with Gasteiger partial charge in [0.25, 0.3) is 0 Å². The van der Waals surface area contributed by atoms with Crippen molar-refractivity contribution in [2.45, 2.75) is 64.7 Å². The summed E-state index contributed by atoms with van der Waals surface area (Å²) in [5, 5.41) is 4.49. The van der Waals surface area contributed by atoms with E-state index in [2.05, 4.69) is 44.8 Å². The second kappa shape index (κ2) is 7.60. The third-order valence-electron chi connectivity index (χ3n) is 3.91. The molecule has 1 aliphatic rings. The standard InChI is InChI=1S/C14H29NS/c1-5-15-14(13-8-6-7-9-13)10-16-12(4)11(2)3/h11-15H,5-10H2,1-4H3. The monoisotopic (exact) mass is 243 g/mol. The van der Waals surface area contributed by atoms with Crippen molar-refractivity contribution in [2.75, 3.05) is 12.3 Å². The Morgan fingerprint density at radius 3 is 2.31 bits per heavy atom. The number of hydrogen-bond donors (Lipinski definition) is 1. The van der Waals surface area contributed by atoms with Crippen LogP contribution in [0.3, 0.4) is 0 Å². The second-order valence-corrected chi connectivity index (χ2v) is 6.90. The lowest BCUT2D eigenvalue weighted by molar-refractivity contribution is 0.394. The molecule has 2 unspecified atom stereocenters. The topological polar surface area (TPSA) is 12.0 Å². The van der Waals surface area contributed by atoms with Gasteiger partial charge in [0, 0.05) is 17.0 Å². The maximum atomic E-state index is 3.70. The third-order valence-corrected chi connectivity index (χ3v) is 5.53. The molecule has 1 rings (SSSR count). The Bertz CT molecular complexity index is 176. The van der Waals surface area contributed by atoms with Crippen LogP contribution in [-0.2, 0) is 0 Å². The molecule has 1 aliphatic carbocycles. The van der Waals surface area contributed by atoms with Crippen LogP contribution in [0.25, 0.3) is 0 Å². The first-order valence-electron chi connectivity index (χ1n) is 7.00. The first-order chi connectivity index (χ1) is 7.65. The second-order valence-electron chi connectivity index (χ2n) is 5.49. The Morgan fingerprint density at radius 2 is 1.81 bits per heavy atom. The van der Waals surface area contributed by atoms with Crippen molar-refractivity contribution in [1.82, 2.24) is 5.32 Å². The van der Waals surface area contributed by atoms with Crippen molar-refractivity contribution >= 4 is 11.8 Å². The molecule has 96 valence electrons. The van der Waals surface area contributed by atoms with Crippen LogP contribution in [0.2, 0.25) is 0 Å². The zero-order valence-corrected chi connectivity index (χ0v) is 12.3. The molecule has 1 saturated carbocycles. The lowest BCUT2D eigenvalue weighted by atomic mass is 10.00. The fraction of sp³-hybridized carbons (Fsp3) is 1.00. The molecule has 0 aromatic heterocycles. The Kier molecular flexibility index (Phi) is 6.83. The van der Waals surface area contributed by atoms with Crippen LogP contribution in [0.1, 0.15) is 53.4 Å². The molecule has 0 saturated heterocycles. The molecule has 2 atom stereocenters. The Morgan fingerprint density at radius 1 is 1.19 bits per heavy atom. The first-order valence-corrected chi connectivity index (χ1v) is 8.05. The minimum atomic E-state index is 0.763. The fourth-order valence-electron chi connectivity index (χ4n) is 2.43. The molecule has 1 nitrogen and oxygen atoms in total. The smallest absolute Gasteiger partial charge is 0.0186 e. The van der Waals surface area contributed by atoms with Crippen LogP contribution in [0, 0.1) is 11.8 Å². The molecule has 0 heterocycles. The molecule has 0 amide bonds. The molecule has 0 aromatic carbocycles. The summed E-state index contributed by atoms with van der Waals surface area (Å²) in [4.78, 5) is 0. The number of thioether (sulfide) groups is 1. The molecule has 0 spiro atoms. The van der Waals surface area contributed by atoms with E-state index in [0.717, 1.165) is 29.7 Å². The van der Waals surface area contributed by atoms with Crippen LogP contribution >= 0.6 is 11.8 Å². The van der Waals surface area contributed by atoms with Gasteiger partial charge in [-0.05, 0) is 31.2 Å². The average molecular weight is 243 g/mol. The molecule has 0 radical (unpaired) electrons. The predicted octanol–water partition coefficient (Wildman–Crippen LogP) is 3.93. The molecular weight excluding hydrogens is 214 g/mol. The minimum absolute atomic E-state index is 0.763. The Balaban J connectivity index is 2.32. The highest BCUT2D eigenvalue weighted by atomic mass is 32.2. The molecule has 1 fully saturated rings. The van der Waals surface area contributed by atoms with Gasteiger partial charge in [-0.25, -0.2) is 0 Å². The third kappa shape index (κ3) is 4.67. The highest BCUT2D eigenvalue weighted by Crippen LogP contribution is 2.30. The van der Waals surface area contributed by atoms with Gasteiger partial charge in [0.2, 0.25) is 0 Å². The van der Waals surface area contributed by atoms with E-state index in [1.54, 1.807) is 0 Å². The van der Waals surface area contributed by atoms with Crippen LogP contribution in [0.4, 0.5) is 0 Å². The highest BCUT2D eigenvalue weighted by molar-refractivity contribution is 7.99. The predicted molar refractivity (Wildman–Crippen MR) is 76.2 cm³/mol. The molecule has 0 aromatic rings. The van der Waals surface area contributed by atoms with Gasteiger partial charge < -0.3 is 5.32 Å². The van der Waals surface area contributed by atoms with Crippen LogP contribution in [0.15, 0.2) is 0 Å². The van der Waals surface area contributed by atoms with Crippen LogP contribution in [0.5, 0.6) is 0 Å². The normalized spacial score (nSPS) is 21.6. The summed E-state index contributed by atoms with van der Waals surface area (Å²) in [6.45, 7) is 10.4. The molecule has 16 heavy (non-hydrogen) atoms. The van der Waals surface area contributed by atoms with E-state index in [1.165, 1.54) is 31.4 Å². The van der Waals surface area contributed by atoms with Crippen molar-refractivity contribution in [3.05, 3.63) is 0 Å². The maximum absolute atomic E-state index is 3.70. The summed E-state index contributed by atoms with van der Waals surface area (Å²) < 4.78 is 0. The van der Waals surface area contributed by atoms with Gasteiger partial charge in [0.15, 0.2) is 0 Å². The van der Waals surface area contributed by atoms with Gasteiger partial charge in [-0.15, -0.1) is 0 Å². The van der Waals surface area contributed by atoms with Gasteiger partial charge >= 0.3 is 0 Å². The first kappa shape index (κ1) is 14.4. The summed E-state index contributed by atoms with van der Waals surface area (Å²) >= 11 is 2.16. The van der Waals surface area contributed by atoms with Gasteiger partial charge in [-0.1, -0.05) is 40.5 Å². The van der Waals surface area contributed by atoms with Crippen molar-refractivity contribution in [2.24, 2.45) is 11.8 Å². The van der Waals surface area contributed by atoms with E-state index in [0.29, 0.717) is 0 Å². The summed E-state index contributed by atoms with van der Waals surface area (Å²) in [6, 6.07) is 0.763. The van der Waals surface area contributed by atoms with Gasteiger partial charge in [-0.2, -0.15) is 11.8 Å². The van der Waals surface area contributed by atoms with Crippen molar-refractivity contribution in [3.63, 3.8) is 0 Å². The van der Waals surface area contributed by atoms with E-state index >= 15 is 0 Å². The summed E-state index contributed by atoms with van der Waals surface area (Å²) in [5.74, 6) is 3.06. The summed E-state index contributed by atoms with van der Waals surface area (Å²) in [6.07, 6.45) is 5.82. The molecule has 0 aliphatic heterocycles. The SMILES string of the molecule is CCNC(CSC(C)C(C)C)C1CCCC1. The van der Waals surface area contributed by atoms with E-state index in [-0.39, 0.29) is 0 Å². The highest BCUT2D eigenvalue weighted by Gasteiger charge is 2.24. The van der Waals surface area contributed by atoms with E-state index < -0.39 is 0 Å². The van der Waals surface area contributed by atoms with E-state index in [4.69, 9.17) is 0 Å². The summed E-state index contributed by atoms with van der Waals surface area (Å²) in [7, 11) is 0. The van der Waals surface area contributed by atoms with Gasteiger partial charge in [-0.3, -0.25) is 0 Å². The summed E-state index contributed by atoms with van der Waals surface area (Å²) in [5.41, 5.74) is 0. The largest absolute Gasteiger partial charge is 0.313 e.